The first-order chi connectivity index (χ1) is 7.69. The number of nitrogens with two attached hydrogens (primary N) is 1. The molecule has 0 bridgehead atoms. The van der Waals surface area contributed by atoms with Gasteiger partial charge in [-0.1, -0.05) is 0 Å². The molecule has 2 heterocycles. The summed E-state index contributed by atoms with van der Waals surface area (Å²) >= 11 is 6.88. The Labute approximate surface area is 111 Å². The third kappa shape index (κ3) is 2.89. The molecule has 0 saturated heterocycles. The maximum Gasteiger partial charge on any atom is 0.0897 e. The largest absolute Gasteiger partial charge is 0.271 e. The van der Waals surface area contributed by atoms with Gasteiger partial charge < -0.3 is 0 Å². The molecule has 1 atom stereocenters. The van der Waals surface area contributed by atoms with Crippen LogP contribution in [0.5, 0.6) is 0 Å². The van der Waals surface area contributed by atoms with Crippen LogP contribution in [0, 0.1) is 6.92 Å². The number of thiophene rings is 1. The summed E-state index contributed by atoms with van der Waals surface area (Å²) in [5.74, 6) is 5.59. The monoisotopic (exact) mass is 317 g/mol. The minimum atomic E-state index is 0.150. The maximum absolute atomic E-state index is 5.59. The van der Waals surface area contributed by atoms with E-state index in [1.807, 2.05) is 13.1 Å². The van der Waals surface area contributed by atoms with Gasteiger partial charge in [0.05, 0.1) is 11.0 Å². The van der Waals surface area contributed by atoms with E-state index in [-0.39, 0.29) is 6.04 Å². The average molecular weight is 318 g/mol. The molecular weight excluding hydrogens is 306 g/mol. The highest BCUT2D eigenvalue weighted by Gasteiger charge is 2.14. The van der Waals surface area contributed by atoms with Gasteiger partial charge in [-0.2, -0.15) is 0 Å². The molecule has 2 aromatic rings. The van der Waals surface area contributed by atoms with E-state index in [4.69, 9.17) is 5.84 Å². The predicted molar refractivity (Wildman–Crippen MR) is 72.6 cm³/mol. The molecule has 0 aliphatic rings. The van der Waals surface area contributed by atoms with E-state index in [1.165, 1.54) is 9.75 Å². The Morgan fingerprint density at radius 2 is 2.44 bits per heavy atom. The van der Waals surface area contributed by atoms with Gasteiger partial charge in [-0.15, -0.1) is 22.7 Å². The zero-order valence-corrected chi connectivity index (χ0v) is 12.0. The minimum Gasteiger partial charge on any atom is -0.271 e. The predicted octanol–water partition coefficient (Wildman–Crippen LogP) is 3.02. The third-order valence-electron chi connectivity index (χ3n) is 2.21. The van der Waals surface area contributed by atoms with Crippen LogP contribution in [0.1, 0.15) is 20.8 Å². The van der Waals surface area contributed by atoms with Gasteiger partial charge in [-0.3, -0.25) is 11.3 Å². The number of hydrogen-bond acceptors (Lipinski definition) is 5. The number of aromatic nitrogens is 1. The number of hydrazine groups is 1. The number of hydrogen-bond donors (Lipinski definition) is 2. The van der Waals surface area contributed by atoms with E-state index >= 15 is 0 Å². The van der Waals surface area contributed by atoms with E-state index in [1.54, 1.807) is 22.7 Å². The van der Waals surface area contributed by atoms with E-state index in [0.29, 0.717) is 0 Å². The van der Waals surface area contributed by atoms with Crippen molar-refractivity contribution >= 4 is 38.6 Å². The Morgan fingerprint density at radius 3 is 2.94 bits per heavy atom. The second-order valence-corrected chi connectivity index (χ2v) is 6.61. The molecule has 3 nitrogen and oxygen atoms in total. The van der Waals surface area contributed by atoms with Crippen LogP contribution in [-0.4, -0.2) is 4.98 Å². The highest BCUT2D eigenvalue weighted by atomic mass is 79.9. The van der Waals surface area contributed by atoms with E-state index in [9.17, 15) is 0 Å². The minimum absolute atomic E-state index is 0.150. The number of thiazole rings is 1. The lowest BCUT2D eigenvalue weighted by atomic mass is 10.2. The quantitative estimate of drug-likeness (QED) is 0.673. The molecule has 2 rings (SSSR count). The van der Waals surface area contributed by atoms with Crippen molar-refractivity contribution in [2.45, 2.75) is 19.4 Å². The van der Waals surface area contributed by atoms with Crippen molar-refractivity contribution in [3.63, 3.8) is 0 Å². The molecule has 3 N–H and O–H groups in total. The highest BCUT2D eigenvalue weighted by molar-refractivity contribution is 9.10. The Kier molecular flexibility index (Phi) is 4.10. The third-order valence-corrected chi connectivity index (χ3v) is 4.96. The van der Waals surface area contributed by atoms with Crippen LogP contribution in [0.15, 0.2) is 22.1 Å². The fourth-order valence-electron chi connectivity index (χ4n) is 1.44. The van der Waals surface area contributed by atoms with E-state index < -0.39 is 0 Å². The SMILES string of the molecule is Cc1ncc(C(Cc2cc(Br)cs2)NN)s1. The number of rotatable bonds is 4. The first kappa shape index (κ1) is 12.2. The summed E-state index contributed by atoms with van der Waals surface area (Å²) < 4.78 is 1.13. The average Bonchev–Trinajstić information content (AvgIpc) is 2.84. The van der Waals surface area contributed by atoms with Crippen LogP contribution in [-0.2, 0) is 6.42 Å². The molecule has 86 valence electrons. The normalized spacial score (nSPS) is 12.9. The molecular formula is C10H12BrN3S2. The van der Waals surface area contributed by atoms with Gasteiger partial charge in [-0.25, -0.2) is 4.98 Å². The molecule has 0 aliphatic carbocycles. The van der Waals surface area contributed by atoms with Crippen molar-refractivity contribution in [3.8, 4) is 0 Å². The van der Waals surface area contributed by atoms with Crippen LogP contribution in [0.4, 0.5) is 0 Å². The first-order valence-corrected chi connectivity index (χ1v) is 7.29. The van der Waals surface area contributed by atoms with Crippen molar-refractivity contribution in [3.05, 3.63) is 36.9 Å². The van der Waals surface area contributed by atoms with Gasteiger partial charge >= 0.3 is 0 Å². The number of nitrogens with zero attached hydrogens (tertiary/aromatic N) is 1. The van der Waals surface area contributed by atoms with Crippen LogP contribution < -0.4 is 11.3 Å². The Morgan fingerprint density at radius 1 is 1.62 bits per heavy atom. The fraction of sp³-hybridized carbons (Fsp3) is 0.300. The summed E-state index contributed by atoms with van der Waals surface area (Å²) in [7, 11) is 0. The lowest BCUT2D eigenvalue weighted by molar-refractivity contribution is 0.563. The number of aryl methyl sites for hydroxylation is 1. The molecule has 0 aromatic carbocycles. The van der Waals surface area contributed by atoms with E-state index in [0.717, 1.165) is 15.9 Å². The zero-order chi connectivity index (χ0) is 11.5. The summed E-state index contributed by atoms with van der Waals surface area (Å²) in [6.45, 7) is 2.00. The molecule has 0 fully saturated rings. The maximum atomic E-state index is 5.59. The number of halogens is 1. The van der Waals surface area contributed by atoms with Gasteiger partial charge in [0.15, 0.2) is 0 Å². The Bertz CT molecular complexity index is 466. The lowest BCUT2D eigenvalue weighted by Gasteiger charge is -2.11. The van der Waals surface area contributed by atoms with Gasteiger partial charge in [0.1, 0.15) is 0 Å². The molecule has 0 radical (unpaired) electrons. The second-order valence-electron chi connectivity index (χ2n) is 3.44. The molecule has 0 spiro atoms. The Hall–Kier alpha value is -0.270. The summed E-state index contributed by atoms with van der Waals surface area (Å²) in [6.07, 6.45) is 2.79. The van der Waals surface area contributed by atoms with Crippen LogP contribution >= 0.6 is 38.6 Å². The van der Waals surface area contributed by atoms with Crippen LogP contribution in [0.2, 0.25) is 0 Å². The van der Waals surface area contributed by atoms with Crippen molar-refractivity contribution in [2.24, 2.45) is 5.84 Å². The highest BCUT2D eigenvalue weighted by Crippen LogP contribution is 2.27. The van der Waals surface area contributed by atoms with Gasteiger partial charge in [-0.05, 0) is 28.9 Å². The standard InChI is InChI=1S/C10H12BrN3S2/c1-6-13-4-10(16-6)9(14-12)3-8-2-7(11)5-15-8/h2,4-5,9,14H,3,12H2,1H3. The van der Waals surface area contributed by atoms with E-state index in [2.05, 4.69) is 37.8 Å². The molecule has 16 heavy (non-hydrogen) atoms. The molecule has 6 heteroatoms. The summed E-state index contributed by atoms with van der Waals surface area (Å²) in [5.41, 5.74) is 2.85. The molecule has 0 amide bonds. The summed E-state index contributed by atoms with van der Waals surface area (Å²) in [4.78, 5) is 6.74. The van der Waals surface area contributed by atoms with Crippen LogP contribution in [0.25, 0.3) is 0 Å². The lowest BCUT2D eigenvalue weighted by Crippen LogP contribution is -2.28. The zero-order valence-electron chi connectivity index (χ0n) is 8.74. The van der Waals surface area contributed by atoms with Gasteiger partial charge in [0, 0.05) is 32.2 Å². The summed E-state index contributed by atoms with van der Waals surface area (Å²) in [5, 5.41) is 3.16. The first-order valence-electron chi connectivity index (χ1n) is 4.80. The van der Waals surface area contributed by atoms with Crippen molar-refractivity contribution in [2.75, 3.05) is 0 Å². The summed E-state index contributed by atoms with van der Waals surface area (Å²) in [6, 6.07) is 2.28. The fourth-order valence-corrected chi connectivity index (χ4v) is 3.79. The van der Waals surface area contributed by atoms with Crippen LogP contribution in [0.3, 0.4) is 0 Å². The topological polar surface area (TPSA) is 50.9 Å². The molecule has 0 aliphatic heterocycles. The van der Waals surface area contributed by atoms with Gasteiger partial charge in [0.2, 0.25) is 0 Å². The second kappa shape index (κ2) is 5.37. The van der Waals surface area contributed by atoms with Crippen molar-refractivity contribution < 1.29 is 0 Å². The van der Waals surface area contributed by atoms with Crippen molar-refractivity contribution in [1.29, 1.82) is 0 Å². The number of nitrogens with one attached hydrogen (secondary N) is 1. The molecule has 0 saturated carbocycles. The molecule has 2 aromatic heterocycles. The van der Waals surface area contributed by atoms with Crippen molar-refractivity contribution in [1.82, 2.24) is 10.4 Å². The Balaban J connectivity index is 2.12. The molecule has 1 unspecified atom stereocenters. The smallest absolute Gasteiger partial charge is 0.0897 e. The van der Waals surface area contributed by atoms with Gasteiger partial charge in [0.25, 0.3) is 0 Å².